The minimum absolute atomic E-state index is 0.0285. The van der Waals surface area contributed by atoms with Crippen molar-refractivity contribution in [3.63, 3.8) is 0 Å². The Hall–Kier alpha value is -2.09. The summed E-state index contributed by atoms with van der Waals surface area (Å²) >= 11 is 0. The highest BCUT2D eigenvalue weighted by molar-refractivity contribution is 5.94. The highest BCUT2D eigenvalue weighted by Gasteiger charge is 2.20. The van der Waals surface area contributed by atoms with Crippen LogP contribution in [0, 0.1) is 12.3 Å². The molecule has 0 heterocycles. The van der Waals surface area contributed by atoms with Crippen molar-refractivity contribution >= 4 is 11.6 Å². The molecule has 2 nitrogen and oxygen atoms in total. The minimum atomic E-state index is -0.380. The standard InChI is InChI=1S/C18H21NO/c1-13-6-5-7-15(12-13)14-8-10-16(11-9-14)19-17(20)18(2,3)4/h5-12H,1-4H3,(H,19,20). The van der Waals surface area contributed by atoms with Crippen molar-refractivity contribution in [2.75, 3.05) is 5.32 Å². The van der Waals surface area contributed by atoms with Gasteiger partial charge in [0.1, 0.15) is 0 Å². The van der Waals surface area contributed by atoms with E-state index >= 15 is 0 Å². The molecule has 1 amide bonds. The van der Waals surface area contributed by atoms with E-state index in [0.29, 0.717) is 0 Å². The van der Waals surface area contributed by atoms with Crippen molar-refractivity contribution in [3.05, 3.63) is 54.1 Å². The molecule has 0 aromatic heterocycles. The summed E-state index contributed by atoms with van der Waals surface area (Å²) in [5.41, 5.74) is 4.05. The van der Waals surface area contributed by atoms with Crippen molar-refractivity contribution in [2.24, 2.45) is 5.41 Å². The van der Waals surface area contributed by atoms with Crippen LogP contribution in [-0.2, 0) is 4.79 Å². The molecular weight excluding hydrogens is 246 g/mol. The summed E-state index contributed by atoms with van der Waals surface area (Å²) in [5, 5.41) is 2.93. The van der Waals surface area contributed by atoms with Crippen LogP contribution in [0.1, 0.15) is 26.3 Å². The molecule has 0 radical (unpaired) electrons. The van der Waals surface area contributed by atoms with Crippen molar-refractivity contribution in [1.29, 1.82) is 0 Å². The van der Waals surface area contributed by atoms with Gasteiger partial charge in [-0.05, 0) is 30.2 Å². The van der Waals surface area contributed by atoms with E-state index in [1.165, 1.54) is 11.1 Å². The lowest BCUT2D eigenvalue weighted by atomic mass is 9.95. The van der Waals surface area contributed by atoms with Gasteiger partial charge in [0, 0.05) is 11.1 Å². The number of benzene rings is 2. The minimum Gasteiger partial charge on any atom is -0.326 e. The maximum atomic E-state index is 11.9. The molecule has 2 heteroatoms. The first-order chi connectivity index (χ1) is 9.36. The summed E-state index contributed by atoms with van der Waals surface area (Å²) in [4.78, 5) is 11.9. The van der Waals surface area contributed by atoms with E-state index in [1.807, 2.05) is 45.0 Å². The monoisotopic (exact) mass is 267 g/mol. The number of anilines is 1. The Labute approximate surface area is 120 Å². The van der Waals surface area contributed by atoms with Crippen LogP contribution in [0.4, 0.5) is 5.69 Å². The first-order valence-electron chi connectivity index (χ1n) is 6.85. The number of carbonyl (C=O) groups is 1. The molecule has 0 aliphatic rings. The molecule has 0 fully saturated rings. The van der Waals surface area contributed by atoms with E-state index < -0.39 is 0 Å². The van der Waals surface area contributed by atoms with Crippen LogP contribution in [-0.4, -0.2) is 5.91 Å². The molecule has 1 N–H and O–H groups in total. The average Bonchev–Trinajstić information content (AvgIpc) is 2.38. The van der Waals surface area contributed by atoms with Crippen LogP contribution in [0.3, 0.4) is 0 Å². The molecule has 0 atom stereocenters. The molecule has 0 saturated heterocycles. The largest absolute Gasteiger partial charge is 0.326 e. The second-order valence-electron chi connectivity index (χ2n) is 6.15. The van der Waals surface area contributed by atoms with Gasteiger partial charge >= 0.3 is 0 Å². The van der Waals surface area contributed by atoms with Gasteiger partial charge in [0.25, 0.3) is 0 Å². The molecule has 104 valence electrons. The molecule has 2 aromatic rings. The third kappa shape index (κ3) is 3.47. The molecule has 0 saturated carbocycles. The van der Waals surface area contributed by atoms with Gasteiger partial charge in [-0.25, -0.2) is 0 Å². The van der Waals surface area contributed by atoms with Gasteiger partial charge in [0.15, 0.2) is 0 Å². The normalized spacial score (nSPS) is 11.2. The van der Waals surface area contributed by atoms with Gasteiger partial charge in [-0.1, -0.05) is 62.7 Å². The average molecular weight is 267 g/mol. The smallest absolute Gasteiger partial charge is 0.229 e. The van der Waals surface area contributed by atoms with Crippen LogP contribution in [0.25, 0.3) is 11.1 Å². The lowest BCUT2D eigenvalue weighted by molar-refractivity contribution is -0.123. The fourth-order valence-corrected chi connectivity index (χ4v) is 1.89. The predicted octanol–water partition coefficient (Wildman–Crippen LogP) is 4.65. The maximum Gasteiger partial charge on any atom is 0.229 e. The third-order valence-corrected chi connectivity index (χ3v) is 3.18. The van der Waals surface area contributed by atoms with Gasteiger partial charge in [-0.2, -0.15) is 0 Å². The molecule has 20 heavy (non-hydrogen) atoms. The van der Waals surface area contributed by atoms with Gasteiger partial charge in [0.05, 0.1) is 0 Å². The molecule has 0 aliphatic heterocycles. The first kappa shape index (κ1) is 14.3. The zero-order valence-corrected chi connectivity index (χ0v) is 12.5. The van der Waals surface area contributed by atoms with Crippen LogP contribution in [0.15, 0.2) is 48.5 Å². The molecule has 0 spiro atoms. The fraction of sp³-hybridized carbons (Fsp3) is 0.278. The number of amides is 1. The van der Waals surface area contributed by atoms with E-state index in [0.717, 1.165) is 11.3 Å². The number of nitrogens with one attached hydrogen (secondary N) is 1. The second-order valence-corrected chi connectivity index (χ2v) is 6.15. The van der Waals surface area contributed by atoms with Crippen LogP contribution in [0.2, 0.25) is 0 Å². The third-order valence-electron chi connectivity index (χ3n) is 3.18. The van der Waals surface area contributed by atoms with Gasteiger partial charge in [-0.15, -0.1) is 0 Å². The lowest BCUT2D eigenvalue weighted by Crippen LogP contribution is -2.27. The van der Waals surface area contributed by atoms with Crippen LogP contribution >= 0.6 is 0 Å². The Kier molecular flexibility index (Phi) is 3.93. The topological polar surface area (TPSA) is 29.1 Å². The molecule has 2 rings (SSSR count). The van der Waals surface area contributed by atoms with Gasteiger partial charge in [0.2, 0.25) is 5.91 Å². The van der Waals surface area contributed by atoms with E-state index in [2.05, 4.69) is 36.5 Å². The Morgan fingerprint density at radius 3 is 2.15 bits per heavy atom. The molecule has 2 aromatic carbocycles. The fourth-order valence-electron chi connectivity index (χ4n) is 1.89. The summed E-state index contributed by atoms with van der Waals surface area (Å²) < 4.78 is 0. The Morgan fingerprint density at radius 1 is 0.950 bits per heavy atom. The Morgan fingerprint density at radius 2 is 1.60 bits per heavy atom. The van der Waals surface area contributed by atoms with Crippen molar-refractivity contribution < 1.29 is 4.79 Å². The zero-order chi connectivity index (χ0) is 14.8. The highest BCUT2D eigenvalue weighted by Crippen LogP contribution is 2.23. The maximum absolute atomic E-state index is 11.9. The molecule has 0 bridgehead atoms. The van der Waals surface area contributed by atoms with Crippen molar-refractivity contribution in [3.8, 4) is 11.1 Å². The van der Waals surface area contributed by atoms with Gasteiger partial charge < -0.3 is 5.32 Å². The van der Waals surface area contributed by atoms with E-state index in [1.54, 1.807) is 0 Å². The lowest BCUT2D eigenvalue weighted by Gasteiger charge is -2.17. The van der Waals surface area contributed by atoms with Crippen LogP contribution < -0.4 is 5.32 Å². The number of hydrogen-bond acceptors (Lipinski definition) is 1. The molecule has 0 aliphatic carbocycles. The number of rotatable bonds is 2. The van der Waals surface area contributed by atoms with E-state index in [4.69, 9.17) is 0 Å². The number of hydrogen-bond donors (Lipinski definition) is 1. The summed E-state index contributed by atoms with van der Waals surface area (Å²) in [5.74, 6) is 0.0285. The SMILES string of the molecule is Cc1cccc(-c2ccc(NC(=O)C(C)(C)C)cc2)c1. The number of aryl methyl sites for hydroxylation is 1. The summed E-state index contributed by atoms with van der Waals surface area (Å²) in [7, 11) is 0. The summed E-state index contributed by atoms with van der Waals surface area (Å²) in [6.07, 6.45) is 0. The predicted molar refractivity (Wildman–Crippen MR) is 84.7 cm³/mol. The Balaban J connectivity index is 2.17. The summed E-state index contributed by atoms with van der Waals surface area (Å²) in [6.45, 7) is 7.80. The number of carbonyl (C=O) groups excluding carboxylic acids is 1. The van der Waals surface area contributed by atoms with Gasteiger partial charge in [-0.3, -0.25) is 4.79 Å². The van der Waals surface area contributed by atoms with Crippen molar-refractivity contribution in [2.45, 2.75) is 27.7 Å². The van der Waals surface area contributed by atoms with E-state index in [-0.39, 0.29) is 11.3 Å². The summed E-state index contributed by atoms with van der Waals surface area (Å²) in [6, 6.07) is 16.3. The quantitative estimate of drug-likeness (QED) is 0.843. The molecular formula is C18H21NO. The zero-order valence-electron chi connectivity index (χ0n) is 12.5. The molecule has 0 unspecified atom stereocenters. The van der Waals surface area contributed by atoms with E-state index in [9.17, 15) is 4.79 Å². The second kappa shape index (κ2) is 5.49. The Bertz CT molecular complexity index is 606. The van der Waals surface area contributed by atoms with Crippen molar-refractivity contribution in [1.82, 2.24) is 0 Å². The highest BCUT2D eigenvalue weighted by atomic mass is 16.2. The first-order valence-corrected chi connectivity index (χ1v) is 6.85. The van der Waals surface area contributed by atoms with Crippen LogP contribution in [0.5, 0.6) is 0 Å².